The molecular formula is C16H22ClNO3. The second kappa shape index (κ2) is 8.37. The van der Waals surface area contributed by atoms with Crippen molar-refractivity contribution in [2.45, 2.75) is 25.4 Å². The topological polar surface area (TPSA) is 47.6 Å². The SMILES string of the molecule is CO[C@@H](CNC(=O)CC1CCOCC1)c1cccc(Cl)c1. The van der Waals surface area contributed by atoms with Gasteiger partial charge < -0.3 is 14.8 Å². The average molecular weight is 312 g/mol. The van der Waals surface area contributed by atoms with E-state index in [1.165, 1.54) is 0 Å². The molecule has 1 aromatic rings. The summed E-state index contributed by atoms with van der Waals surface area (Å²) in [6, 6.07) is 7.51. The largest absolute Gasteiger partial charge is 0.381 e. The summed E-state index contributed by atoms with van der Waals surface area (Å²) in [4.78, 5) is 12.0. The predicted molar refractivity (Wildman–Crippen MR) is 82.4 cm³/mol. The number of amides is 1. The molecule has 1 N–H and O–H groups in total. The minimum absolute atomic E-state index is 0.0750. The molecule has 1 saturated heterocycles. The maximum atomic E-state index is 12.0. The molecule has 0 bridgehead atoms. The molecule has 0 aliphatic carbocycles. The van der Waals surface area contributed by atoms with Crippen molar-refractivity contribution in [2.24, 2.45) is 5.92 Å². The smallest absolute Gasteiger partial charge is 0.220 e. The van der Waals surface area contributed by atoms with Crippen LogP contribution in [0.25, 0.3) is 0 Å². The van der Waals surface area contributed by atoms with Crippen LogP contribution in [-0.2, 0) is 14.3 Å². The van der Waals surface area contributed by atoms with Gasteiger partial charge in [0.15, 0.2) is 0 Å². The standard InChI is InChI=1S/C16H22ClNO3/c1-20-15(13-3-2-4-14(17)10-13)11-18-16(19)9-12-5-7-21-8-6-12/h2-4,10,12,15H,5-9,11H2,1H3,(H,18,19)/t15-/m0/s1. The highest BCUT2D eigenvalue weighted by molar-refractivity contribution is 6.30. The molecule has 1 aliphatic heterocycles. The lowest BCUT2D eigenvalue weighted by Gasteiger charge is -2.22. The molecule has 0 unspecified atom stereocenters. The first-order valence-corrected chi connectivity index (χ1v) is 7.69. The van der Waals surface area contributed by atoms with Gasteiger partial charge in [-0.05, 0) is 36.5 Å². The molecule has 1 fully saturated rings. The van der Waals surface area contributed by atoms with Crippen LogP contribution >= 0.6 is 11.6 Å². The van der Waals surface area contributed by atoms with E-state index >= 15 is 0 Å². The lowest BCUT2D eigenvalue weighted by atomic mass is 9.96. The molecule has 1 aliphatic rings. The van der Waals surface area contributed by atoms with Crippen molar-refractivity contribution >= 4 is 17.5 Å². The van der Waals surface area contributed by atoms with Gasteiger partial charge in [0, 0.05) is 38.3 Å². The first-order valence-electron chi connectivity index (χ1n) is 7.31. The molecule has 0 aromatic heterocycles. The number of carbonyl (C=O) groups is 1. The average Bonchev–Trinajstić information content (AvgIpc) is 2.49. The Kier molecular flexibility index (Phi) is 6.49. The molecule has 2 rings (SSSR count). The summed E-state index contributed by atoms with van der Waals surface area (Å²) in [6.45, 7) is 1.99. The summed E-state index contributed by atoms with van der Waals surface area (Å²) in [5.41, 5.74) is 0.969. The van der Waals surface area contributed by atoms with Gasteiger partial charge in [0.2, 0.25) is 5.91 Å². The zero-order valence-electron chi connectivity index (χ0n) is 12.3. The Bertz CT molecular complexity index is 461. The van der Waals surface area contributed by atoms with Crippen molar-refractivity contribution in [2.75, 3.05) is 26.9 Å². The Hall–Kier alpha value is -1.10. The van der Waals surface area contributed by atoms with E-state index in [0.29, 0.717) is 23.9 Å². The third kappa shape index (κ3) is 5.30. The van der Waals surface area contributed by atoms with Gasteiger partial charge >= 0.3 is 0 Å². The van der Waals surface area contributed by atoms with Gasteiger partial charge in [-0.2, -0.15) is 0 Å². The van der Waals surface area contributed by atoms with Crippen molar-refractivity contribution in [3.05, 3.63) is 34.9 Å². The van der Waals surface area contributed by atoms with Crippen LogP contribution in [0.4, 0.5) is 0 Å². The minimum atomic E-state index is -0.178. The Morgan fingerprint density at radius 2 is 2.24 bits per heavy atom. The van der Waals surface area contributed by atoms with E-state index in [2.05, 4.69) is 5.32 Å². The molecule has 5 heteroatoms. The van der Waals surface area contributed by atoms with Crippen molar-refractivity contribution in [1.29, 1.82) is 0 Å². The van der Waals surface area contributed by atoms with Crippen LogP contribution in [0.3, 0.4) is 0 Å². The fraction of sp³-hybridized carbons (Fsp3) is 0.562. The van der Waals surface area contributed by atoms with Crippen LogP contribution < -0.4 is 5.32 Å². The molecule has 1 heterocycles. The van der Waals surface area contributed by atoms with E-state index < -0.39 is 0 Å². The first-order chi connectivity index (χ1) is 10.2. The molecule has 21 heavy (non-hydrogen) atoms. The number of hydrogen-bond acceptors (Lipinski definition) is 3. The second-order valence-electron chi connectivity index (χ2n) is 5.34. The van der Waals surface area contributed by atoms with Gasteiger partial charge in [-0.25, -0.2) is 0 Å². The van der Waals surface area contributed by atoms with Gasteiger partial charge in [-0.15, -0.1) is 0 Å². The van der Waals surface area contributed by atoms with Gasteiger partial charge in [-0.3, -0.25) is 4.79 Å². The highest BCUT2D eigenvalue weighted by Crippen LogP contribution is 2.21. The molecular weight excluding hydrogens is 290 g/mol. The zero-order valence-corrected chi connectivity index (χ0v) is 13.1. The number of rotatable bonds is 6. The Morgan fingerprint density at radius 3 is 2.90 bits per heavy atom. The maximum absolute atomic E-state index is 12.0. The summed E-state index contributed by atoms with van der Waals surface area (Å²) >= 11 is 5.98. The van der Waals surface area contributed by atoms with Gasteiger partial charge in [0.25, 0.3) is 0 Å². The van der Waals surface area contributed by atoms with Crippen molar-refractivity contribution in [1.82, 2.24) is 5.32 Å². The molecule has 1 aromatic carbocycles. The number of ether oxygens (including phenoxy) is 2. The minimum Gasteiger partial charge on any atom is -0.381 e. The molecule has 1 amide bonds. The number of benzene rings is 1. The summed E-state index contributed by atoms with van der Waals surface area (Å²) in [5.74, 6) is 0.511. The molecule has 0 saturated carbocycles. The Labute approximate surface area is 130 Å². The van der Waals surface area contributed by atoms with Gasteiger partial charge in [0.1, 0.15) is 0 Å². The van der Waals surface area contributed by atoms with Crippen molar-refractivity contribution in [3.63, 3.8) is 0 Å². The number of nitrogens with one attached hydrogen (secondary N) is 1. The van der Waals surface area contributed by atoms with E-state index in [4.69, 9.17) is 21.1 Å². The van der Waals surface area contributed by atoms with E-state index in [0.717, 1.165) is 31.6 Å². The van der Waals surface area contributed by atoms with Crippen LogP contribution in [0.15, 0.2) is 24.3 Å². The quantitative estimate of drug-likeness (QED) is 0.878. The molecule has 0 spiro atoms. The molecule has 0 radical (unpaired) electrons. The number of halogens is 1. The summed E-state index contributed by atoms with van der Waals surface area (Å²) in [6.07, 6.45) is 2.32. The van der Waals surface area contributed by atoms with Crippen LogP contribution in [0.1, 0.15) is 30.9 Å². The first kappa shape index (κ1) is 16.3. The zero-order chi connectivity index (χ0) is 15.1. The summed E-state index contributed by atoms with van der Waals surface area (Å²) in [5, 5.41) is 3.62. The lowest BCUT2D eigenvalue weighted by Crippen LogP contribution is -2.31. The summed E-state index contributed by atoms with van der Waals surface area (Å²) < 4.78 is 10.7. The lowest BCUT2D eigenvalue weighted by molar-refractivity contribution is -0.123. The second-order valence-corrected chi connectivity index (χ2v) is 5.78. The van der Waals surface area contributed by atoms with E-state index in [-0.39, 0.29) is 12.0 Å². The Morgan fingerprint density at radius 1 is 1.48 bits per heavy atom. The maximum Gasteiger partial charge on any atom is 0.220 e. The number of methoxy groups -OCH3 is 1. The molecule has 1 atom stereocenters. The number of carbonyl (C=O) groups excluding carboxylic acids is 1. The van der Waals surface area contributed by atoms with E-state index in [1.807, 2.05) is 24.3 Å². The monoisotopic (exact) mass is 311 g/mol. The fourth-order valence-corrected chi connectivity index (χ4v) is 2.73. The number of hydrogen-bond donors (Lipinski definition) is 1. The highest BCUT2D eigenvalue weighted by Gasteiger charge is 2.18. The predicted octanol–water partition coefficient (Wildman–Crippen LogP) is 2.96. The third-order valence-corrected chi connectivity index (χ3v) is 4.04. The van der Waals surface area contributed by atoms with Crippen LogP contribution in [0.2, 0.25) is 5.02 Å². The summed E-state index contributed by atoms with van der Waals surface area (Å²) in [7, 11) is 1.64. The van der Waals surface area contributed by atoms with Crippen molar-refractivity contribution in [3.8, 4) is 0 Å². The molecule has 4 nitrogen and oxygen atoms in total. The van der Waals surface area contributed by atoms with Gasteiger partial charge in [0.05, 0.1) is 6.10 Å². The van der Waals surface area contributed by atoms with Gasteiger partial charge in [-0.1, -0.05) is 23.7 Å². The van der Waals surface area contributed by atoms with Crippen molar-refractivity contribution < 1.29 is 14.3 Å². The van der Waals surface area contributed by atoms with E-state index in [9.17, 15) is 4.79 Å². The van der Waals surface area contributed by atoms with E-state index in [1.54, 1.807) is 7.11 Å². The molecule has 116 valence electrons. The Balaban J connectivity index is 1.80. The normalized spacial score (nSPS) is 17.4. The third-order valence-electron chi connectivity index (χ3n) is 3.80. The van der Waals surface area contributed by atoms with Crippen LogP contribution in [-0.4, -0.2) is 32.8 Å². The highest BCUT2D eigenvalue weighted by atomic mass is 35.5. The fourth-order valence-electron chi connectivity index (χ4n) is 2.54. The van der Waals surface area contributed by atoms with Crippen LogP contribution in [0, 0.1) is 5.92 Å². The van der Waals surface area contributed by atoms with Crippen LogP contribution in [0.5, 0.6) is 0 Å².